The summed E-state index contributed by atoms with van der Waals surface area (Å²) in [6, 6.07) is 0. The van der Waals surface area contributed by atoms with Crippen LogP contribution < -0.4 is 0 Å². The lowest BCUT2D eigenvalue weighted by Gasteiger charge is -2.59. The van der Waals surface area contributed by atoms with Gasteiger partial charge in [-0.05, 0) is 67.3 Å². The summed E-state index contributed by atoms with van der Waals surface area (Å²) in [5.41, 5.74) is -1.44. The molecule has 0 amide bonds. The Morgan fingerprint density at radius 2 is 1.96 bits per heavy atom. The van der Waals surface area contributed by atoms with Crippen LogP contribution in [0.1, 0.15) is 52.4 Å². The van der Waals surface area contributed by atoms with Crippen molar-refractivity contribution in [2.24, 2.45) is 28.6 Å². The van der Waals surface area contributed by atoms with Crippen molar-refractivity contribution in [2.75, 3.05) is 0 Å². The highest BCUT2D eigenvalue weighted by Crippen LogP contribution is 2.68. The topological polar surface area (TPSA) is 98.0 Å². The minimum absolute atomic E-state index is 0.00836. The molecule has 4 aliphatic rings. The number of aliphatic hydroxyl groups excluding tert-OH is 2. The summed E-state index contributed by atoms with van der Waals surface area (Å²) in [4.78, 5) is 12.0. The number of aliphatic hydroxyl groups is 3. The fourth-order valence-electron chi connectivity index (χ4n) is 7.13. The maximum absolute atomic E-state index is 12.0. The first-order chi connectivity index (χ1) is 12.1. The highest BCUT2D eigenvalue weighted by molar-refractivity contribution is 5.84. The molecule has 4 rings (SSSR count). The van der Waals surface area contributed by atoms with E-state index in [0.717, 1.165) is 19.3 Å². The van der Waals surface area contributed by atoms with Gasteiger partial charge in [0.05, 0.1) is 12.2 Å². The number of hydrogen-bond donors (Lipinski definition) is 4. The van der Waals surface area contributed by atoms with Crippen LogP contribution in [0.2, 0.25) is 0 Å². The molecule has 144 valence electrons. The molecule has 4 aliphatic carbocycles. The van der Waals surface area contributed by atoms with E-state index in [-0.39, 0.29) is 35.7 Å². The average Bonchev–Trinajstić information content (AvgIpc) is 2.76. The van der Waals surface area contributed by atoms with Crippen LogP contribution in [-0.4, -0.2) is 44.2 Å². The van der Waals surface area contributed by atoms with E-state index in [1.54, 1.807) is 0 Å². The number of carboxylic acids is 1. The number of aliphatic carboxylic acids is 1. The maximum atomic E-state index is 12.0. The van der Waals surface area contributed by atoms with Crippen LogP contribution in [0.5, 0.6) is 0 Å². The first-order valence-corrected chi connectivity index (χ1v) is 9.75. The lowest BCUT2D eigenvalue weighted by Crippen LogP contribution is -2.61. The minimum atomic E-state index is -1.97. The molecular weight excluding hydrogens is 332 g/mol. The lowest BCUT2D eigenvalue weighted by atomic mass is 9.46. The summed E-state index contributed by atoms with van der Waals surface area (Å²) in [6.45, 7) is 7.92. The third-order valence-corrected chi connectivity index (χ3v) is 8.52. The smallest absolute Gasteiger partial charge is 0.340 e. The Kier molecular flexibility index (Phi) is 3.80. The molecule has 5 heteroatoms. The van der Waals surface area contributed by atoms with E-state index in [0.29, 0.717) is 18.4 Å². The van der Waals surface area contributed by atoms with E-state index < -0.39 is 23.1 Å². The standard InChI is InChI=1S/C21H30O5/c1-11-8-15-14-5-4-12-9-13(22)6-7-19(12,2)17(14)16(23)10-20(15,3)21(11,26)18(24)25/h4,13-17,22-23,26H,1,5-10H2,2-3H3,(H,24,25)/t13?,14-,15-,16-,17+,19-,20-,21-/m0/s1. The van der Waals surface area contributed by atoms with Crippen molar-refractivity contribution in [2.45, 2.75) is 70.2 Å². The van der Waals surface area contributed by atoms with Gasteiger partial charge in [0, 0.05) is 5.41 Å². The maximum Gasteiger partial charge on any atom is 0.340 e. The predicted octanol–water partition coefficient (Wildman–Crippen LogP) is 2.26. The van der Waals surface area contributed by atoms with E-state index in [1.807, 2.05) is 6.92 Å². The van der Waals surface area contributed by atoms with Gasteiger partial charge in [-0.3, -0.25) is 0 Å². The second kappa shape index (κ2) is 5.43. The van der Waals surface area contributed by atoms with Crippen LogP contribution in [0.4, 0.5) is 0 Å². The molecule has 0 aromatic heterocycles. The second-order valence-electron chi connectivity index (χ2n) is 9.59. The summed E-state index contributed by atoms with van der Waals surface area (Å²) < 4.78 is 0. The first-order valence-electron chi connectivity index (χ1n) is 9.75. The molecule has 0 saturated heterocycles. The van der Waals surface area contributed by atoms with Crippen LogP contribution >= 0.6 is 0 Å². The number of carbonyl (C=O) groups is 1. The van der Waals surface area contributed by atoms with Gasteiger partial charge in [0.25, 0.3) is 0 Å². The van der Waals surface area contributed by atoms with Crippen LogP contribution in [0.25, 0.3) is 0 Å². The van der Waals surface area contributed by atoms with E-state index in [2.05, 4.69) is 19.6 Å². The molecule has 0 radical (unpaired) electrons. The molecular formula is C21H30O5. The van der Waals surface area contributed by atoms with Gasteiger partial charge in [-0.15, -0.1) is 0 Å². The number of allylic oxidation sites excluding steroid dienone is 1. The molecule has 0 aromatic rings. The first kappa shape index (κ1) is 18.2. The Hall–Kier alpha value is -1.17. The molecule has 0 bridgehead atoms. The minimum Gasteiger partial charge on any atom is -0.479 e. The Labute approximate surface area is 154 Å². The molecule has 3 fully saturated rings. The van der Waals surface area contributed by atoms with Crippen molar-refractivity contribution in [1.29, 1.82) is 0 Å². The van der Waals surface area contributed by atoms with Crippen LogP contribution in [-0.2, 0) is 4.79 Å². The van der Waals surface area contributed by atoms with Crippen molar-refractivity contribution in [3.63, 3.8) is 0 Å². The van der Waals surface area contributed by atoms with Gasteiger partial charge in [0.2, 0.25) is 0 Å². The SMILES string of the molecule is C=C1C[C@H]2[C@@H]3CC=C4CC(O)CC[C@]4(C)[C@H]3[C@@H](O)C[C@]2(C)[C@@]1(O)C(=O)O. The van der Waals surface area contributed by atoms with Crippen LogP contribution in [0, 0.1) is 28.6 Å². The van der Waals surface area contributed by atoms with Crippen molar-refractivity contribution in [3.8, 4) is 0 Å². The Morgan fingerprint density at radius 1 is 1.27 bits per heavy atom. The van der Waals surface area contributed by atoms with Gasteiger partial charge < -0.3 is 20.4 Å². The van der Waals surface area contributed by atoms with Crippen LogP contribution in [0.3, 0.4) is 0 Å². The number of carboxylic acid groups (broad SMARTS) is 1. The van der Waals surface area contributed by atoms with Crippen molar-refractivity contribution in [3.05, 3.63) is 23.8 Å². The molecule has 0 heterocycles. The molecule has 26 heavy (non-hydrogen) atoms. The molecule has 1 unspecified atom stereocenters. The second-order valence-corrected chi connectivity index (χ2v) is 9.59. The van der Waals surface area contributed by atoms with Crippen molar-refractivity contribution < 1.29 is 25.2 Å². The zero-order valence-electron chi connectivity index (χ0n) is 15.6. The third kappa shape index (κ3) is 2.00. The van der Waals surface area contributed by atoms with Crippen molar-refractivity contribution >= 4 is 5.97 Å². The van der Waals surface area contributed by atoms with Gasteiger partial charge in [-0.25, -0.2) is 4.79 Å². The molecule has 5 nitrogen and oxygen atoms in total. The van der Waals surface area contributed by atoms with Gasteiger partial charge in [0.15, 0.2) is 5.60 Å². The van der Waals surface area contributed by atoms with Crippen LogP contribution in [0.15, 0.2) is 23.8 Å². The summed E-state index contributed by atoms with van der Waals surface area (Å²) >= 11 is 0. The monoisotopic (exact) mass is 362 g/mol. The molecule has 4 N–H and O–H groups in total. The van der Waals surface area contributed by atoms with E-state index >= 15 is 0 Å². The van der Waals surface area contributed by atoms with Gasteiger partial charge in [-0.1, -0.05) is 32.1 Å². The molecule has 0 spiro atoms. The largest absolute Gasteiger partial charge is 0.479 e. The van der Waals surface area contributed by atoms with E-state index in [9.17, 15) is 25.2 Å². The zero-order valence-corrected chi connectivity index (χ0v) is 15.6. The van der Waals surface area contributed by atoms with Gasteiger partial charge in [-0.2, -0.15) is 0 Å². The summed E-state index contributed by atoms with van der Waals surface area (Å²) in [6.07, 6.45) is 5.01. The molecule has 0 aromatic carbocycles. The fraction of sp³-hybridized carbons (Fsp3) is 0.762. The normalized spacial score (nSPS) is 53.3. The number of fused-ring (bicyclic) bond motifs is 5. The molecule has 3 saturated carbocycles. The third-order valence-electron chi connectivity index (χ3n) is 8.52. The molecule has 0 aliphatic heterocycles. The Morgan fingerprint density at radius 3 is 2.62 bits per heavy atom. The lowest BCUT2D eigenvalue weighted by molar-refractivity contribution is -0.188. The Bertz CT molecular complexity index is 699. The van der Waals surface area contributed by atoms with E-state index in [4.69, 9.17) is 0 Å². The number of hydrogen-bond acceptors (Lipinski definition) is 4. The quantitative estimate of drug-likeness (QED) is 0.537. The zero-order chi connectivity index (χ0) is 19.1. The highest BCUT2D eigenvalue weighted by Gasteiger charge is 2.70. The highest BCUT2D eigenvalue weighted by atomic mass is 16.4. The molecule has 8 atom stereocenters. The van der Waals surface area contributed by atoms with Gasteiger partial charge in [0.1, 0.15) is 0 Å². The summed E-state index contributed by atoms with van der Waals surface area (Å²) in [7, 11) is 0. The fourth-order valence-corrected chi connectivity index (χ4v) is 7.13. The van der Waals surface area contributed by atoms with Crippen molar-refractivity contribution in [1.82, 2.24) is 0 Å². The summed E-state index contributed by atoms with van der Waals surface area (Å²) in [5, 5.41) is 42.1. The average molecular weight is 362 g/mol. The predicted molar refractivity (Wildman–Crippen MR) is 96.2 cm³/mol. The van der Waals surface area contributed by atoms with Gasteiger partial charge >= 0.3 is 5.97 Å². The number of rotatable bonds is 1. The summed E-state index contributed by atoms with van der Waals surface area (Å²) in [5.74, 6) is -1.10. The Balaban J connectivity index is 1.78. The van der Waals surface area contributed by atoms with E-state index in [1.165, 1.54) is 5.57 Å².